The Bertz CT molecular complexity index is 1190. The first kappa shape index (κ1) is 13.9. The van der Waals surface area contributed by atoms with E-state index >= 15 is 0 Å². The lowest BCUT2D eigenvalue weighted by atomic mass is 10.0. The number of carbonyl (C=O) groups excluding carboxylic acids is 2. The summed E-state index contributed by atoms with van der Waals surface area (Å²) < 4.78 is 0. The molecule has 1 aliphatic heterocycles. The van der Waals surface area contributed by atoms with E-state index in [1.165, 1.54) is 4.90 Å². The van der Waals surface area contributed by atoms with Gasteiger partial charge in [-0.1, -0.05) is 66.7 Å². The van der Waals surface area contributed by atoms with Gasteiger partial charge in [0.2, 0.25) is 0 Å². The Balaban J connectivity index is 1.78. The normalized spacial score (nSPS) is 13.7. The van der Waals surface area contributed by atoms with Crippen LogP contribution in [0.3, 0.4) is 0 Å². The molecule has 0 saturated heterocycles. The fourth-order valence-corrected chi connectivity index (χ4v) is 3.63. The van der Waals surface area contributed by atoms with Gasteiger partial charge in [-0.2, -0.15) is 0 Å². The van der Waals surface area contributed by atoms with Crippen molar-refractivity contribution < 1.29 is 9.59 Å². The molecule has 2 amide bonds. The van der Waals surface area contributed by atoms with Crippen LogP contribution in [0.25, 0.3) is 21.5 Å². The zero-order chi connectivity index (χ0) is 17.0. The highest BCUT2D eigenvalue weighted by molar-refractivity contribution is 6.38. The molecule has 0 aromatic heterocycles. The molecule has 3 nitrogen and oxygen atoms in total. The van der Waals surface area contributed by atoms with Crippen LogP contribution in [0.1, 0.15) is 20.7 Å². The first-order valence-corrected chi connectivity index (χ1v) is 8.14. The molecule has 25 heavy (non-hydrogen) atoms. The summed E-state index contributed by atoms with van der Waals surface area (Å²) in [5, 5.41) is 3.67. The standard InChI is InChI=1S/C22H13NO2/c24-21-18-13-12-15-7-2-4-10-17(15)20(18)22(25)23(21)19-11-5-8-14-6-1-3-9-16(14)19/h1-13H. The van der Waals surface area contributed by atoms with E-state index in [-0.39, 0.29) is 11.8 Å². The van der Waals surface area contributed by atoms with Crippen LogP contribution in [-0.4, -0.2) is 11.8 Å². The van der Waals surface area contributed by atoms with Gasteiger partial charge < -0.3 is 0 Å². The van der Waals surface area contributed by atoms with Crippen molar-refractivity contribution in [3.05, 3.63) is 90.0 Å². The van der Waals surface area contributed by atoms with Crippen molar-refractivity contribution in [3.63, 3.8) is 0 Å². The van der Waals surface area contributed by atoms with Crippen molar-refractivity contribution in [3.8, 4) is 0 Å². The van der Waals surface area contributed by atoms with Crippen LogP contribution in [0.5, 0.6) is 0 Å². The smallest absolute Gasteiger partial charge is 0.266 e. The number of hydrogen-bond acceptors (Lipinski definition) is 2. The lowest BCUT2D eigenvalue weighted by Gasteiger charge is -2.16. The third-order valence-electron chi connectivity index (χ3n) is 4.79. The van der Waals surface area contributed by atoms with Crippen molar-refractivity contribution in [1.82, 2.24) is 0 Å². The second-order valence-electron chi connectivity index (χ2n) is 6.15. The van der Waals surface area contributed by atoms with Crippen molar-refractivity contribution in [2.75, 3.05) is 4.90 Å². The first-order chi connectivity index (χ1) is 12.3. The average molecular weight is 323 g/mol. The first-order valence-electron chi connectivity index (χ1n) is 8.14. The average Bonchev–Trinajstić information content (AvgIpc) is 2.92. The van der Waals surface area contributed by atoms with Gasteiger partial charge in [0.25, 0.3) is 11.8 Å². The van der Waals surface area contributed by atoms with Crippen LogP contribution in [0.4, 0.5) is 5.69 Å². The summed E-state index contributed by atoms with van der Waals surface area (Å²) in [5.74, 6) is -0.518. The van der Waals surface area contributed by atoms with Crippen molar-refractivity contribution in [1.29, 1.82) is 0 Å². The molecule has 0 bridgehead atoms. The summed E-state index contributed by atoms with van der Waals surface area (Å²) in [6.45, 7) is 0. The summed E-state index contributed by atoms with van der Waals surface area (Å²) in [6.07, 6.45) is 0. The van der Waals surface area contributed by atoms with E-state index in [2.05, 4.69) is 0 Å². The Morgan fingerprint density at radius 3 is 2.00 bits per heavy atom. The summed E-state index contributed by atoms with van der Waals surface area (Å²) in [4.78, 5) is 27.5. The highest BCUT2D eigenvalue weighted by Crippen LogP contribution is 2.36. The van der Waals surface area contributed by atoms with Gasteiger partial charge in [0.1, 0.15) is 0 Å². The fourth-order valence-electron chi connectivity index (χ4n) is 3.63. The summed E-state index contributed by atoms with van der Waals surface area (Å²) >= 11 is 0. The Kier molecular flexibility index (Phi) is 2.80. The predicted octanol–water partition coefficient (Wildman–Crippen LogP) is 4.79. The molecule has 0 aliphatic carbocycles. The Hall–Kier alpha value is -3.46. The van der Waals surface area contributed by atoms with Gasteiger partial charge in [0.05, 0.1) is 16.8 Å². The fraction of sp³-hybridized carbons (Fsp3) is 0. The van der Waals surface area contributed by atoms with E-state index in [0.29, 0.717) is 16.8 Å². The van der Waals surface area contributed by atoms with E-state index in [1.54, 1.807) is 6.07 Å². The molecule has 0 spiro atoms. The third-order valence-corrected chi connectivity index (χ3v) is 4.79. The molecule has 0 unspecified atom stereocenters. The van der Waals surface area contributed by atoms with Crippen LogP contribution in [0.15, 0.2) is 78.9 Å². The predicted molar refractivity (Wildman–Crippen MR) is 99.0 cm³/mol. The monoisotopic (exact) mass is 323 g/mol. The summed E-state index contributed by atoms with van der Waals surface area (Å²) in [5.41, 5.74) is 1.60. The molecular formula is C22H13NO2. The molecule has 4 aromatic carbocycles. The molecule has 5 rings (SSSR count). The van der Waals surface area contributed by atoms with Crippen molar-refractivity contribution in [2.24, 2.45) is 0 Å². The SMILES string of the molecule is O=C1c2ccc3ccccc3c2C(=O)N1c1cccc2ccccc12. The number of rotatable bonds is 1. The van der Waals surface area contributed by atoms with Gasteiger partial charge in [0, 0.05) is 5.39 Å². The molecule has 0 radical (unpaired) electrons. The maximum Gasteiger partial charge on any atom is 0.266 e. The van der Waals surface area contributed by atoms with Crippen LogP contribution in [-0.2, 0) is 0 Å². The molecule has 0 atom stereocenters. The topological polar surface area (TPSA) is 37.4 Å². The van der Waals surface area contributed by atoms with Gasteiger partial charge in [-0.3, -0.25) is 9.59 Å². The lowest BCUT2D eigenvalue weighted by Crippen LogP contribution is -2.29. The number of nitrogens with zero attached hydrogens (tertiary/aromatic N) is 1. The Labute approximate surface area is 144 Å². The van der Waals surface area contributed by atoms with Crippen LogP contribution in [0, 0.1) is 0 Å². The molecule has 0 N–H and O–H groups in total. The molecule has 0 fully saturated rings. The zero-order valence-electron chi connectivity index (χ0n) is 13.3. The molecule has 3 heteroatoms. The largest absolute Gasteiger partial charge is 0.268 e. The van der Waals surface area contributed by atoms with Gasteiger partial charge in [0.15, 0.2) is 0 Å². The molecule has 0 saturated carbocycles. The third kappa shape index (κ3) is 1.86. The van der Waals surface area contributed by atoms with E-state index in [0.717, 1.165) is 21.5 Å². The highest BCUT2D eigenvalue weighted by atomic mass is 16.2. The molecule has 4 aromatic rings. The van der Waals surface area contributed by atoms with Gasteiger partial charge in [-0.05, 0) is 28.3 Å². The van der Waals surface area contributed by atoms with Gasteiger partial charge in [-0.25, -0.2) is 4.90 Å². The Morgan fingerprint density at radius 2 is 1.20 bits per heavy atom. The van der Waals surface area contributed by atoms with Crippen molar-refractivity contribution in [2.45, 2.75) is 0 Å². The number of anilines is 1. The summed E-state index contributed by atoms with van der Waals surface area (Å²) in [7, 11) is 0. The molecule has 1 heterocycles. The maximum absolute atomic E-state index is 13.2. The number of amides is 2. The quantitative estimate of drug-likeness (QED) is 0.472. The lowest BCUT2D eigenvalue weighted by molar-refractivity contribution is 0.0927. The minimum absolute atomic E-state index is 0.256. The number of hydrogen-bond donors (Lipinski definition) is 0. The van der Waals surface area contributed by atoms with E-state index < -0.39 is 0 Å². The van der Waals surface area contributed by atoms with E-state index in [9.17, 15) is 9.59 Å². The minimum atomic E-state index is -0.262. The van der Waals surface area contributed by atoms with E-state index in [4.69, 9.17) is 0 Å². The number of benzene rings is 4. The van der Waals surface area contributed by atoms with Crippen LogP contribution < -0.4 is 4.90 Å². The zero-order valence-corrected chi connectivity index (χ0v) is 13.3. The van der Waals surface area contributed by atoms with Gasteiger partial charge in [-0.15, -0.1) is 0 Å². The second-order valence-corrected chi connectivity index (χ2v) is 6.15. The number of carbonyl (C=O) groups is 2. The minimum Gasteiger partial charge on any atom is -0.268 e. The van der Waals surface area contributed by atoms with Gasteiger partial charge >= 0.3 is 0 Å². The molecule has 118 valence electrons. The summed E-state index contributed by atoms with van der Waals surface area (Å²) in [6, 6.07) is 24.8. The molecule has 1 aliphatic rings. The maximum atomic E-state index is 13.2. The second kappa shape index (κ2) is 5.02. The highest BCUT2D eigenvalue weighted by Gasteiger charge is 2.38. The molecular weight excluding hydrogens is 310 g/mol. The van der Waals surface area contributed by atoms with E-state index in [1.807, 2.05) is 72.8 Å². The number of fused-ring (bicyclic) bond motifs is 4. The van der Waals surface area contributed by atoms with Crippen LogP contribution in [0.2, 0.25) is 0 Å². The number of imide groups is 1. The van der Waals surface area contributed by atoms with Crippen molar-refractivity contribution >= 4 is 39.0 Å². The Morgan fingerprint density at radius 1 is 0.560 bits per heavy atom. The van der Waals surface area contributed by atoms with Crippen LogP contribution >= 0.6 is 0 Å².